The highest BCUT2D eigenvalue weighted by Crippen LogP contribution is 2.20. The molecule has 3 rings (SSSR count). The number of nitrogens with one attached hydrogen (secondary N) is 1. The average molecular weight is 587 g/mol. The van der Waals surface area contributed by atoms with Gasteiger partial charge in [0.2, 0.25) is 21.8 Å². The van der Waals surface area contributed by atoms with Crippen LogP contribution in [0.25, 0.3) is 0 Å². The van der Waals surface area contributed by atoms with Gasteiger partial charge in [0.05, 0.1) is 4.90 Å². The summed E-state index contributed by atoms with van der Waals surface area (Å²) in [7, 11) is -0.576. The zero-order valence-corrected chi connectivity index (χ0v) is 23.4. The molecule has 0 bridgehead atoms. The zero-order valence-electron chi connectivity index (χ0n) is 21.0. The second-order valence-corrected chi connectivity index (χ2v) is 11.7. The molecule has 7 nitrogen and oxygen atoms in total. The first kappa shape index (κ1) is 28.6. The van der Waals surface area contributed by atoms with Gasteiger partial charge in [0, 0.05) is 44.5 Å². The van der Waals surface area contributed by atoms with Gasteiger partial charge >= 0.3 is 0 Å². The number of halogens is 1. The second kappa shape index (κ2) is 13.5. The van der Waals surface area contributed by atoms with Crippen molar-refractivity contribution in [1.29, 1.82) is 0 Å². The van der Waals surface area contributed by atoms with Gasteiger partial charge < -0.3 is 10.2 Å². The lowest BCUT2D eigenvalue weighted by Gasteiger charge is -2.31. The molecule has 0 heterocycles. The topological polar surface area (TPSA) is 86.8 Å². The number of likely N-dealkylation sites (N-methyl/N-ethyl adjacent to an activating group) is 1. The van der Waals surface area contributed by atoms with E-state index < -0.39 is 16.1 Å². The fraction of sp³-hybridized carbons (Fsp3) is 0.286. The number of carbonyl (C=O) groups is 2. The van der Waals surface area contributed by atoms with Gasteiger partial charge in [-0.15, -0.1) is 0 Å². The molecular weight excluding hydrogens is 554 g/mol. The molecule has 1 atom stereocenters. The summed E-state index contributed by atoms with van der Waals surface area (Å²) in [6.07, 6.45) is 0.787. The van der Waals surface area contributed by atoms with Crippen molar-refractivity contribution >= 4 is 37.8 Å². The van der Waals surface area contributed by atoms with Gasteiger partial charge in [0.1, 0.15) is 6.04 Å². The maximum absolute atomic E-state index is 13.6. The van der Waals surface area contributed by atoms with Crippen molar-refractivity contribution in [1.82, 2.24) is 14.5 Å². The minimum absolute atomic E-state index is 0.102. The molecule has 0 aliphatic heterocycles. The summed E-state index contributed by atoms with van der Waals surface area (Å²) in [5, 5.41) is 2.70. The van der Waals surface area contributed by atoms with Crippen molar-refractivity contribution in [3.8, 4) is 0 Å². The number of hydrogen-bond acceptors (Lipinski definition) is 4. The van der Waals surface area contributed by atoms with Crippen LogP contribution >= 0.6 is 15.9 Å². The molecule has 0 saturated carbocycles. The molecule has 3 aromatic rings. The van der Waals surface area contributed by atoms with E-state index in [1.54, 1.807) is 42.3 Å². The number of nitrogens with zero attached hydrogens (tertiary/aromatic N) is 2. The Labute approximate surface area is 227 Å². The van der Waals surface area contributed by atoms with E-state index in [0.29, 0.717) is 12.8 Å². The van der Waals surface area contributed by atoms with Gasteiger partial charge in [-0.1, -0.05) is 76.6 Å². The van der Waals surface area contributed by atoms with Gasteiger partial charge in [-0.05, 0) is 41.8 Å². The van der Waals surface area contributed by atoms with Crippen LogP contribution in [0.2, 0.25) is 0 Å². The van der Waals surface area contributed by atoms with Crippen molar-refractivity contribution < 1.29 is 18.0 Å². The fourth-order valence-corrected chi connectivity index (χ4v) is 5.72. The number of amides is 2. The van der Waals surface area contributed by atoms with E-state index in [4.69, 9.17) is 0 Å². The Morgan fingerprint density at radius 1 is 0.919 bits per heavy atom. The molecule has 0 aliphatic carbocycles. The molecule has 0 fully saturated rings. The predicted molar refractivity (Wildman–Crippen MR) is 148 cm³/mol. The number of sulfonamides is 1. The van der Waals surface area contributed by atoms with Gasteiger partial charge in [0.15, 0.2) is 0 Å². The van der Waals surface area contributed by atoms with Crippen molar-refractivity contribution in [2.75, 3.05) is 20.6 Å². The quantitative estimate of drug-likeness (QED) is 0.344. The van der Waals surface area contributed by atoms with Crippen molar-refractivity contribution in [3.05, 3.63) is 101 Å². The third kappa shape index (κ3) is 7.99. The molecule has 1 N–H and O–H groups in total. The maximum atomic E-state index is 13.6. The van der Waals surface area contributed by atoms with Gasteiger partial charge in [-0.2, -0.15) is 0 Å². The molecular formula is C28H32BrN3O4S. The lowest BCUT2D eigenvalue weighted by atomic mass is 10.0. The van der Waals surface area contributed by atoms with Crippen LogP contribution in [0.5, 0.6) is 0 Å². The Morgan fingerprint density at radius 2 is 1.54 bits per heavy atom. The van der Waals surface area contributed by atoms with Crippen LogP contribution < -0.4 is 5.32 Å². The van der Waals surface area contributed by atoms with Gasteiger partial charge in [-0.25, -0.2) is 12.7 Å². The van der Waals surface area contributed by atoms with Crippen molar-refractivity contribution in [2.45, 2.75) is 36.7 Å². The van der Waals surface area contributed by atoms with Gasteiger partial charge in [-0.3, -0.25) is 9.59 Å². The fourth-order valence-electron chi connectivity index (χ4n) is 4.04. The monoisotopic (exact) mass is 585 g/mol. The molecule has 0 spiro atoms. The first-order valence-electron chi connectivity index (χ1n) is 12.0. The highest BCUT2D eigenvalue weighted by atomic mass is 79.9. The van der Waals surface area contributed by atoms with Crippen LogP contribution in [0.1, 0.15) is 24.0 Å². The number of carbonyl (C=O) groups excluding carboxylic acids is 2. The summed E-state index contributed by atoms with van der Waals surface area (Å²) in [4.78, 5) is 28.3. The third-order valence-electron chi connectivity index (χ3n) is 6.07. The summed E-state index contributed by atoms with van der Waals surface area (Å²) in [5.41, 5.74) is 1.82. The van der Waals surface area contributed by atoms with Crippen LogP contribution in [0, 0.1) is 0 Å². The standard InChI is InChI=1S/C28H32BrN3O4S/c1-30-28(34)26(20-22-11-5-3-6-12-22)32(21-23-13-9-14-24(29)19-23)27(33)17-10-18-31(2)37(35,36)25-15-7-4-8-16-25/h3-9,11-16,19,26H,10,17-18,20-21H2,1-2H3,(H,30,34)/t26-/m1/s1. The maximum Gasteiger partial charge on any atom is 0.242 e. The molecule has 0 unspecified atom stereocenters. The lowest BCUT2D eigenvalue weighted by Crippen LogP contribution is -2.49. The van der Waals surface area contributed by atoms with E-state index >= 15 is 0 Å². The van der Waals surface area contributed by atoms with Crippen LogP contribution in [0.3, 0.4) is 0 Å². The predicted octanol–water partition coefficient (Wildman–Crippen LogP) is 4.24. The number of benzene rings is 3. The summed E-state index contributed by atoms with van der Waals surface area (Å²) in [6, 6.07) is 24.7. The van der Waals surface area contributed by atoms with E-state index in [9.17, 15) is 18.0 Å². The van der Waals surface area contributed by atoms with E-state index in [1.807, 2.05) is 54.6 Å². The van der Waals surface area contributed by atoms with E-state index in [-0.39, 0.29) is 36.2 Å². The molecule has 0 saturated heterocycles. The first-order chi connectivity index (χ1) is 17.7. The Bertz CT molecular complexity index is 1290. The molecule has 0 radical (unpaired) electrons. The molecule has 3 aromatic carbocycles. The highest BCUT2D eigenvalue weighted by Gasteiger charge is 2.30. The second-order valence-electron chi connectivity index (χ2n) is 8.71. The van der Waals surface area contributed by atoms with E-state index in [0.717, 1.165) is 15.6 Å². The number of rotatable bonds is 12. The summed E-state index contributed by atoms with van der Waals surface area (Å²) in [6.45, 7) is 0.429. The van der Waals surface area contributed by atoms with E-state index in [2.05, 4.69) is 21.2 Å². The van der Waals surface area contributed by atoms with Crippen LogP contribution in [0.4, 0.5) is 0 Å². The van der Waals surface area contributed by atoms with Gasteiger partial charge in [0.25, 0.3) is 0 Å². The SMILES string of the molecule is CNC(=O)[C@@H](Cc1ccccc1)N(Cc1cccc(Br)c1)C(=O)CCCN(C)S(=O)(=O)c1ccccc1. The Hall–Kier alpha value is -3.01. The van der Waals surface area contributed by atoms with E-state index in [1.165, 1.54) is 11.4 Å². The third-order valence-corrected chi connectivity index (χ3v) is 8.44. The Kier molecular flexibility index (Phi) is 10.4. The van der Waals surface area contributed by atoms with Crippen molar-refractivity contribution in [2.24, 2.45) is 0 Å². The molecule has 37 heavy (non-hydrogen) atoms. The summed E-state index contributed by atoms with van der Waals surface area (Å²) in [5.74, 6) is -0.467. The smallest absolute Gasteiger partial charge is 0.242 e. The van der Waals surface area contributed by atoms with Crippen LogP contribution in [-0.4, -0.2) is 56.1 Å². The molecule has 2 amide bonds. The molecule has 9 heteroatoms. The highest BCUT2D eigenvalue weighted by molar-refractivity contribution is 9.10. The summed E-state index contributed by atoms with van der Waals surface area (Å²) < 4.78 is 27.8. The first-order valence-corrected chi connectivity index (χ1v) is 14.3. The van der Waals surface area contributed by atoms with Crippen LogP contribution in [0.15, 0.2) is 94.3 Å². The Morgan fingerprint density at radius 3 is 2.16 bits per heavy atom. The minimum atomic E-state index is -3.65. The summed E-state index contributed by atoms with van der Waals surface area (Å²) >= 11 is 3.47. The Balaban J connectivity index is 1.78. The molecule has 0 aliphatic rings. The zero-order chi connectivity index (χ0) is 26.8. The normalized spacial score (nSPS) is 12.2. The lowest BCUT2D eigenvalue weighted by molar-refractivity contribution is -0.141. The minimum Gasteiger partial charge on any atom is -0.357 e. The van der Waals surface area contributed by atoms with Crippen LogP contribution in [-0.2, 0) is 32.6 Å². The molecule has 0 aromatic heterocycles. The van der Waals surface area contributed by atoms with Crippen molar-refractivity contribution in [3.63, 3.8) is 0 Å². The number of hydrogen-bond donors (Lipinski definition) is 1. The average Bonchev–Trinajstić information content (AvgIpc) is 2.91. The molecule has 196 valence electrons. The largest absolute Gasteiger partial charge is 0.357 e.